The van der Waals surface area contributed by atoms with Crippen LogP contribution in [0.4, 0.5) is 16.2 Å². The zero-order valence-corrected chi connectivity index (χ0v) is 27.8. The average Bonchev–Trinajstić information content (AvgIpc) is 3.82. The van der Waals surface area contributed by atoms with Gasteiger partial charge in [0.25, 0.3) is 5.91 Å². The SMILES string of the molecule is CC1(C)CCc2c(-c3cc4cc(C(=O)N5CCN(CC6CCN(c7ccc(N8CCC(=O)NC8=O)cc7)C6)CC5)ccc4[nH]3)n[nH]c2C1. The van der Waals surface area contributed by atoms with Crippen molar-refractivity contribution in [3.63, 3.8) is 0 Å². The molecule has 48 heavy (non-hydrogen) atoms. The van der Waals surface area contributed by atoms with Crippen LogP contribution in [-0.4, -0.2) is 95.2 Å². The molecule has 1 atom stereocenters. The fourth-order valence-electron chi connectivity index (χ4n) is 8.01. The van der Waals surface area contributed by atoms with Crippen molar-refractivity contribution in [1.82, 2.24) is 30.3 Å². The first-order valence-electron chi connectivity index (χ1n) is 17.4. The highest BCUT2D eigenvalue weighted by molar-refractivity contribution is 6.05. The maximum absolute atomic E-state index is 13.6. The summed E-state index contributed by atoms with van der Waals surface area (Å²) in [6.07, 6.45) is 4.65. The smallest absolute Gasteiger partial charge is 0.328 e. The maximum Gasteiger partial charge on any atom is 0.328 e. The molecule has 3 fully saturated rings. The van der Waals surface area contributed by atoms with Gasteiger partial charge in [-0.3, -0.25) is 29.8 Å². The van der Waals surface area contributed by atoms with E-state index in [4.69, 9.17) is 0 Å². The number of urea groups is 1. The number of rotatable bonds is 6. The van der Waals surface area contributed by atoms with Crippen LogP contribution in [0.2, 0.25) is 0 Å². The maximum atomic E-state index is 13.6. The number of benzene rings is 2. The molecule has 3 N–H and O–H groups in total. The van der Waals surface area contributed by atoms with Crippen LogP contribution in [-0.2, 0) is 17.6 Å². The largest absolute Gasteiger partial charge is 0.371 e. The molecule has 4 amide bonds. The molecule has 0 spiro atoms. The van der Waals surface area contributed by atoms with Gasteiger partial charge in [0.1, 0.15) is 5.69 Å². The fourth-order valence-corrected chi connectivity index (χ4v) is 8.01. The van der Waals surface area contributed by atoms with Gasteiger partial charge >= 0.3 is 6.03 Å². The number of carbonyl (C=O) groups excluding carboxylic acids is 3. The summed E-state index contributed by atoms with van der Waals surface area (Å²) >= 11 is 0. The quantitative estimate of drug-likeness (QED) is 0.276. The van der Waals surface area contributed by atoms with Crippen molar-refractivity contribution >= 4 is 40.1 Å². The number of carbonyl (C=O) groups is 3. The van der Waals surface area contributed by atoms with Crippen LogP contribution in [0.15, 0.2) is 48.5 Å². The molecule has 3 aliphatic heterocycles. The van der Waals surface area contributed by atoms with E-state index in [0.29, 0.717) is 24.3 Å². The Hall–Kier alpha value is -4.64. The highest BCUT2D eigenvalue weighted by Gasteiger charge is 2.31. The molecule has 1 aliphatic carbocycles. The summed E-state index contributed by atoms with van der Waals surface area (Å²) in [7, 11) is 0. The first kappa shape index (κ1) is 30.7. The minimum Gasteiger partial charge on any atom is -0.371 e. The van der Waals surface area contributed by atoms with Gasteiger partial charge in [0.15, 0.2) is 0 Å². The fraction of sp³-hybridized carbons (Fsp3) is 0.459. The van der Waals surface area contributed by atoms with Crippen molar-refractivity contribution in [2.24, 2.45) is 11.3 Å². The Morgan fingerprint density at radius 1 is 0.938 bits per heavy atom. The number of hydrogen-bond acceptors (Lipinski definition) is 6. The van der Waals surface area contributed by atoms with Gasteiger partial charge in [0.05, 0.1) is 5.69 Å². The minimum absolute atomic E-state index is 0.0998. The minimum atomic E-state index is -0.356. The number of H-pyrrole nitrogens is 2. The Morgan fingerprint density at radius 2 is 1.73 bits per heavy atom. The van der Waals surface area contributed by atoms with Crippen molar-refractivity contribution < 1.29 is 14.4 Å². The van der Waals surface area contributed by atoms with Gasteiger partial charge in [-0.25, -0.2) is 4.79 Å². The molecule has 250 valence electrons. The van der Waals surface area contributed by atoms with Crippen LogP contribution in [0.5, 0.6) is 0 Å². The number of aromatic nitrogens is 3. The molecule has 11 nitrogen and oxygen atoms in total. The molecule has 2 aromatic carbocycles. The van der Waals surface area contributed by atoms with E-state index in [9.17, 15) is 14.4 Å². The van der Waals surface area contributed by atoms with Gasteiger partial charge in [-0.15, -0.1) is 0 Å². The normalized spacial score (nSPS) is 21.5. The van der Waals surface area contributed by atoms with Crippen molar-refractivity contribution in [2.45, 2.75) is 46.0 Å². The Bertz CT molecular complexity index is 1870. The molecule has 5 heterocycles. The third kappa shape index (κ3) is 5.96. The lowest BCUT2D eigenvalue weighted by atomic mass is 9.76. The van der Waals surface area contributed by atoms with Gasteiger partial charge in [0, 0.05) is 97.9 Å². The zero-order valence-electron chi connectivity index (χ0n) is 27.8. The van der Waals surface area contributed by atoms with Crippen molar-refractivity contribution in [1.29, 1.82) is 0 Å². The van der Waals surface area contributed by atoms with E-state index in [1.807, 2.05) is 35.2 Å². The Morgan fingerprint density at radius 3 is 2.52 bits per heavy atom. The number of hydrogen-bond donors (Lipinski definition) is 3. The molecule has 1 unspecified atom stereocenters. The first-order chi connectivity index (χ1) is 23.2. The summed E-state index contributed by atoms with van der Waals surface area (Å²) in [4.78, 5) is 49.3. The van der Waals surface area contributed by atoms with Gasteiger partial charge < -0.3 is 14.8 Å². The van der Waals surface area contributed by atoms with E-state index in [1.54, 1.807) is 4.90 Å². The van der Waals surface area contributed by atoms with Crippen LogP contribution in [0, 0.1) is 11.3 Å². The summed E-state index contributed by atoms with van der Waals surface area (Å²) in [6.45, 7) is 11.3. The van der Waals surface area contributed by atoms with Gasteiger partial charge in [0.2, 0.25) is 5.91 Å². The van der Waals surface area contributed by atoms with E-state index in [2.05, 4.69) is 62.3 Å². The Labute approximate surface area is 280 Å². The third-order valence-corrected chi connectivity index (χ3v) is 10.8. The summed E-state index contributed by atoms with van der Waals surface area (Å²) < 4.78 is 0. The second-order valence-corrected chi connectivity index (χ2v) is 14.8. The number of piperazine rings is 1. The monoisotopic (exact) mass is 648 g/mol. The first-order valence-corrected chi connectivity index (χ1v) is 17.4. The number of anilines is 2. The summed E-state index contributed by atoms with van der Waals surface area (Å²) in [5.74, 6) is 0.450. The highest BCUT2D eigenvalue weighted by Crippen LogP contribution is 2.38. The lowest BCUT2D eigenvalue weighted by molar-refractivity contribution is -0.120. The molecule has 8 rings (SSSR count). The number of aromatic amines is 2. The summed E-state index contributed by atoms with van der Waals surface area (Å²) in [6, 6.07) is 15.8. The van der Waals surface area contributed by atoms with Crippen molar-refractivity contribution in [3.05, 3.63) is 65.4 Å². The van der Waals surface area contributed by atoms with Crippen LogP contribution in [0.3, 0.4) is 0 Å². The predicted molar refractivity (Wildman–Crippen MR) is 186 cm³/mol. The van der Waals surface area contributed by atoms with Crippen LogP contribution < -0.4 is 15.1 Å². The van der Waals surface area contributed by atoms with Crippen molar-refractivity contribution in [3.8, 4) is 11.4 Å². The topological polar surface area (TPSA) is 121 Å². The number of imide groups is 1. The summed E-state index contributed by atoms with van der Waals surface area (Å²) in [5.41, 5.74) is 8.60. The highest BCUT2D eigenvalue weighted by atomic mass is 16.2. The lowest BCUT2D eigenvalue weighted by Gasteiger charge is -2.36. The number of nitrogens with zero attached hydrogens (tertiary/aromatic N) is 5. The molecular formula is C37H44N8O3. The van der Waals surface area contributed by atoms with Crippen LogP contribution in [0.1, 0.15) is 54.7 Å². The Balaban J connectivity index is 0.842. The molecule has 4 aromatic rings. The number of nitrogens with one attached hydrogen (secondary N) is 3. The lowest BCUT2D eigenvalue weighted by Crippen LogP contribution is -2.50. The number of amides is 4. The van der Waals surface area contributed by atoms with E-state index in [1.165, 1.54) is 11.3 Å². The van der Waals surface area contributed by atoms with E-state index < -0.39 is 0 Å². The van der Waals surface area contributed by atoms with Gasteiger partial charge in [-0.05, 0) is 85.5 Å². The van der Waals surface area contributed by atoms with E-state index >= 15 is 0 Å². The molecule has 2 aromatic heterocycles. The molecule has 0 radical (unpaired) electrons. The third-order valence-electron chi connectivity index (χ3n) is 10.8. The van der Waals surface area contributed by atoms with E-state index in [-0.39, 0.29) is 17.8 Å². The van der Waals surface area contributed by atoms with Crippen LogP contribution in [0.25, 0.3) is 22.3 Å². The molecule has 3 saturated heterocycles. The molecule has 11 heteroatoms. The molecule has 0 bridgehead atoms. The molecule has 0 saturated carbocycles. The van der Waals surface area contributed by atoms with Crippen LogP contribution >= 0.6 is 0 Å². The number of fused-ring (bicyclic) bond motifs is 2. The second kappa shape index (κ2) is 12.1. The van der Waals surface area contributed by atoms with Gasteiger partial charge in [-0.2, -0.15) is 5.10 Å². The molecular weight excluding hydrogens is 604 g/mol. The zero-order chi connectivity index (χ0) is 33.0. The van der Waals surface area contributed by atoms with Gasteiger partial charge in [-0.1, -0.05) is 13.8 Å². The van der Waals surface area contributed by atoms with Crippen molar-refractivity contribution in [2.75, 3.05) is 62.2 Å². The standard InChI is InChI=1S/C37H44N8O3/c1-37(2)12-9-29-32(21-37)40-41-34(29)31-20-26-19-25(3-8-30(26)38-31)35(47)43-17-15-42(16-18-43)22-24-10-13-44(23-24)27-4-6-28(7-5-27)45-14-11-33(46)39-36(45)48/h3-8,19-20,24,38H,9-18,21-23H2,1-2H3,(H,40,41)(H,39,46,48). The average molecular weight is 649 g/mol. The molecule has 4 aliphatic rings. The second-order valence-electron chi connectivity index (χ2n) is 14.8. The van der Waals surface area contributed by atoms with E-state index in [0.717, 1.165) is 111 Å². The predicted octanol–water partition coefficient (Wildman–Crippen LogP) is 4.80. The Kier molecular flexibility index (Phi) is 7.74. The summed E-state index contributed by atoms with van der Waals surface area (Å²) in [5, 5.41) is 11.4.